The number of hydrogen-bond acceptors (Lipinski definition) is 5. The summed E-state index contributed by atoms with van der Waals surface area (Å²) in [5, 5.41) is 1.03. The van der Waals surface area contributed by atoms with Gasteiger partial charge in [0.05, 0.1) is 5.56 Å². The second kappa shape index (κ2) is 6.22. The standard InChI is InChI=1S/C17H12ClNO4/c1-10-2-4-13-12(7-16(20)23-14(13)6-10)9-22-17(21)11-3-5-15(18)19-8-11/h2-8H,9H2,1H3. The van der Waals surface area contributed by atoms with Gasteiger partial charge < -0.3 is 9.15 Å². The molecule has 0 atom stereocenters. The lowest BCUT2D eigenvalue weighted by Crippen LogP contribution is -2.08. The number of fused-ring (bicyclic) bond motifs is 1. The van der Waals surface area contributed by atoms with Crippen LogP contribution >= 0.6 is 11.6 Å². The van der Waals surface area contributed by atoms with Crippen molar-refractivity contribution in [1.82, 2.24) is 4.98 Å². The van der Waals surface area contributed by atoms with Gasteiger partial charge in [0.2, 0.25) is 0 Å². The summed E-state index contributed by atoms with van der Waals surface area (Å²) in [5.41, 5.74) is 1.84. The zero-order chi connectivity index (χ0) is 16.4. The number of aromatic nitrogens is 1. The van der Waals surface area contributed by atoms with Crippen molar-refractivity contribution in [3.63, 3.8) is 0 Å². The second-order valence-electron chi connectivity index (χ2n) is 5.04. The lowest BCUT2D eigenvalue weighted by molar-refractivity contribution is 0.0473. The van der Waals surface area contributed by atoms with Crippen molar-refractivity contribution in [3.05, 3.63) is 74.9 Å². The third-order valence-electron chi connectivity index (χ3n) is 3.31. The summed E-state index contributed by atoms with van der Waals surface area (Å²) in [6, 6.07) is 9.86. The van der Waals surface area contributed by atoms with Gasteiger partial charge in [0.15, 0.2) is 0 Å². The number of rotatable bonds is 3. The normalized spacial score (nSPS) is 10.7. The van der Waals surface area contributed by atoms with Gasteiger partial charge in [-0.3, -0.25) is 0 Å². The van der Waals surface area contributed by atoms with Crippen LogP contribution in [0.4, 0.5) is 0 Å². The number of halogens is 1. The topological polar surface area (TPSA) is 69.4 Å². The Labute approximate surface area is 136 Å². The van der Waals surface area contributed by atoms with E-state index >= 15 is 0 Å². The van der Waals surface area contributed by atoms with Crippen LogP contribution in [0.15, 0.2) is 51.8 Å². The Hall–Kier alpha value is -2.66. The molecule has 2 heterocycles. The van der Waals surface area contributed by atoms with Crippen LogP contribution in [0.25, 0.3) is 11.0 Å². The Morgan fingerprint density at radius 2 is 2.09 bits per heavy atom. The minimum absolute atomic E-state index is 0.0351. The average molecular weight is 330 g/mol. The van der Waals surface area contributed by atoms with Gasteiger partial charge in [-0.2, -0.15) is 0 Å². The second-order valence-corrected chi connectivity index (χ2v) is 5.42. The first-order chi connectivity index (χ1) is 11.0. The van der Waals surface area contributed by atoms with E-state index in [4.69, 9.17) is 20.8 Å². The molecular weight excluding hydrogens is 318 g/mol. The molecule has 3 rings (SSSR count). The number of nitrogens with zero attached hydrogens (tertiary/aromatic N) is 1. The molecule has 0 amide bonds. The summed E-state index contributed by atoms with van der Waals surface area (Å²) in [5.74, 6) is -0.539. The minimum atomic E-state index is -0.539. The van der Waals surface area contributed by atoms with Gasteiger partial charge in [0.25, 0.3) is 0 Å². The van der Waals surface area contributed by atoms with Crippen LogP contribution in [0.3, 0.4) is 0 Å². The number of ether oxygens (including phenoxy) is 1. The van der Waals surface area contributed by atoms with E-state index < -0.39 is 11.6 Å². The fraction of sp³-hybridized carbons (Fsp3) is 0.118. The van der Waals surface area contributed by atoms with Crippen LogP contribution < -0.4 is 5.63 Å². The molecule has 0 aliphatic rings. The number of carbonyl (C=O) groups is 1. The van der Waals surface area contributed by atoms with Crippen molar-refractivity contribution in [1.29, 1.82) is 0 Å². The number of pyridine rings is 1. The van der Waals surface area contributed by atoms with E-state index in [9.17, 15) is 9.59 Å². The molecule has 0 fully saturated rings. The molecule has 23 heavy (non-hydrogen) atoms. The maximum atomic E-state index is 12.0. The van der Waals surface area contributed by atoms with Crippen molar-refractivity contribution >= 4 is 28.5 Å². The van der Waals surface area contributed by atoms with E-state index in [-0.39, 0.29) is 12.2 Å². The summed E-state index contributed by atoms with van der Waals surface area (Å²) >= 11 is 5.68. The van der Waals surface area contributed by atoms with E-state index in [2.05, 4.69) is 4.98 Å². The third kappa shape index (κ3) is 3.40. The van der Waals surface area contributed by atoms with Gasteiger partial charge in [-0.25, -0.2) is 14.6 Å². The van der Waals surface area contributed by atoms with Crippen LogP contribution in [0.1, 0.15) is 21.5 Å². The van der Waals surface area contributed by atoms with Gasteiger partial charge >= 0.3 is 11.6 Å². The van der Waals surface area contributed by atoms with E-state index in [1.165, 1.54) is 24.4 Å². The molecule has 6 heteroatoms. The monoisotopic (exact) mass is 329 g/mol. The molecule has 0 N–H and O–H groups in total. The molecule has 0 bridgehead atoms. The number of hydrogen-bond donors (Lipinski definition) is 0. The summed E-state index contributed by atoms with van der Waals surface area (Å²) in [7, 11) is 0. The first-order valence-corrected chi connectivity index (χ1v) is 7.23. The number of benzene rings is 1. The van der Waals surface area contributed by atoms with Gasteiger partial charge in [0, 0.05) is 23.2 Å². The van der Waals surface area contributed by atoms with E-state index in [1.54, 1.807) is 6.07 Å². The zero-order valence-corrected chi connectivity index (χ0v) is 13.0. The molecule has 0 aliphatic carbocycles. The van der Waals surface area contributed by atoms with Crippen LogP contribution in [0, 0.1) is 6.92 Å². The molecule has 0 radical (unpaired) electrons. The molecular formula is C17H12ClNO4. The fourth-order valence-corrected chi connectivity index (χ4v) is 2.29. The highest BCUT2D eigenvalue weighted by Gasteiger charge is 2.11. The smallest absolute Gasteiger partial charge is 0.340 e. The molecule has 3 aromatic rings. The van der Waals surface area contributed by atoms with Crippen molar-refractivity contribution in [3.8, 4) is 0 Å². The lowest BCUT2D eigenvalue weighted by atomic mass is 10.1. The predicted octanol–water partition coefficient (Wildman–Crippen LogP) is 3.51. The molecule has 0 aliphatic heterocycles. The van der Waals surface area contributed by atoms with Crippen LogP contribution in [-0.4, -0.2) is 11.0 Å². The van der Waals surface area contributed by atoms with Crippen molar-refractivity contribution < 1.29 is 13.9 Å². The van der Waals surface area contributed by atoms with Crippen molar-refractivity contribution in [2.24, 2.45) is 0 Å². The van der Waals surface area contributed by atoms with Gasteiger partial charge in [-0.15, -0.1) is 0 Å². The number of esters is 1. The fourth-order valence-electron chi connectivity index (χ4n) is 2.18. The molecule has 0 saturated carbocycles. The maximum Gasteiger partial charge on any atom is 0.340 e. The molecule has 1 aromatic carbocycles. The van der Waals surface area contributed by atoms with E-state index in [1.807, 2.05) is 19.1 Å². The average Bonchev–Trinajstić information content (AvgIpc) is 2.52. The summed E-state index contributed by atoms with van der Waals surface area (Å²) in [6.07, 6.45) is 1.34. The summed E-state index contributed by atoms with van der Waals surface area (Å²) in [4.78, 5) is 27.5. The van der Waals surface area contributed by atoms with Gasteiger partial charge in [-0.05, 0) is 30.7 Å². The third-order valence-corrected chi connectivity index (χ3v) is 3.53. The number of carbonyl (C=O) groups excluding carboxylic acids is 1. The van der Waals surface area contributed by atoms with E-state index in [0.29, 0.717) is 16.3 Å². The maximum absolute atomic E-state index is 12.0. The highest BCUT2D eigenvalue weighted by molar-refractivity contribution is 6.29. The Morgan fingerprint density at radius 1 is 1.26 bits per heavy atom. The zero-order valence-electron chi connectivity index (χ0n) is 12.2. The first-order valence-electron chi connectivity index (χ1n) is 6.85. The Bertz CT molecular complexity index is 931. The molecule has 0 saturated heterocycles. The van der Waals surface area contributed by atoms with Crippen molar-refractivity contribution in [2.45, 2.75) is 13.5 Å². The quantitative estimate of drug-likeness (QED) is 0.418. The largest absolute Gasteiger partial charge is 0.457 e. The first kappa shape index (κ1) is 15.2. The van der Waals surface area contributed by atoms with Crippen LogP contribution in [0.2, 0.25) is 5.15 Å². The van der Waals surface area contributed by atoms with Crippen molar-refractivity contribution in [2.75, 3.05) is 0 Å². The summed E-state index contributed by atoms with van der Waals surface area (Å²) < 4.78 is 10.4. The van der Waals surface area contributed by atoms with Gasteiger partial charge in [0.1, 0.15) is 17.3 Å². The highest BCUT2D eigenvalue weighted by Crippen LogP contribution is 2.19. The van der Waals surface area contributed by atoms with Gasteiger partial charge in [-0.1, -0.05) is 23.7 Å². The summed E-state index contributed by atoms with van der Waals surface area (Å²) in [6.45, 7) is 1.87. The Morgan fingerprint density at radius 3 is 2.83 bits per heavy atom. The van der Waals surface area contributed by atoms with Crippen LogP contribution in [0.5, 0.6) is 0 Å². The Kier molecular flexibility index (Phi) is 4.12. The highest BCUT2D eigenvalue weighted by atomic mass is 35.5. The molecule has 0 unspecified atom stereocenters. The SMILES string of the molecule is Cc1ccc2c(COC(=O)c3ccc(Cl)nc3)cc(=O)oc2c1. The van der Waals surface area contributed by atoms with Crippen LogP contribution in [-0.2, 0) is 11.3 Å². The predicted molar refractivity (Wildman–Crippen MR) is 85.6 cm³/mol. The molecule has 116 valence electrons. The minimum Gasteiger partial charge on any atom is -0.457 e. The van der Waals surface area contributed by atoms with E-state index in [0.717, 1.165) is 10.9 Å². The molecule has 5 nitrogen and oxygen atoms in total. The lowest BCUT2D eigenvalue weighted by Gasteiger charge is -2.07. The molecule has 0 spiro atoms. The number of aryl methyl sites for hydroxylation is 1. The molecule has 2 aromatic heterocycles. The Balaban J connectivity index is 1.85.